The molecule has 4 heteroatoms. The maximum absolute atomic E-state index is 5.94. The molecule has 1 unspecified atom stereocenters. The molecule has 1 saturated heterocycles. The summed E-state index contributed by atoms with van der Waals surface area (Å²) in [5.41, 5.74) is 7.24. The van der Waals surface area contributed by atoms with Crippen LogP contribution in [0.15, 0.2) is 36.7 Å². The van der Waals surface area contributed by atoms with Gasteiger partial charge in [0.25, 0.3) is 0 Å². The fraction of sp³-hybridized carbons (Fsp3) is 0.438. The lowest BCUT2D eigenvalue weighted by molar-refractivity contribution is 0.0884. The van der Waals surface area contributed by atoms with Gasteiger partial charge in [-0.25, -0.2) is 0 Å². The molecular weight excluding hydrogens is 248 g/mol. The maximum Gasteiger partial charge on any atom is 0.0349 e. The number of hydrogen-bond donors (Lipinski definition) is 1. The Morgan fingerprint density at radius 2 is 2.10 bits per heavy atom. The van der Waals surface area contributed by atoms with E-state index in [9.17, 15) is 0 Å². The normalized spacial score (nSPS) is 21.4. The molecule has 20 heavy (non-hydrogen) atoms. The molecular formula is C16H22N4. The molecule has 1 fully saturated rings. The minimum atomic E-state index is 0.438. The van der Waals surface area contributed by atoms with E-state index >= 15 is 0 Å². The van der Waals surface area contributed by atoms with Gasteiger partial charge in [0.15, 0.2) is 0 Å². The van der Waals surface area contributed by atoms with Crippen LogP contribution in [0.3, 0.4) is 0 Å². The Morgan fingerprint density at radius 3 is 2.95 bits per heavy atom. The molecule has 2 aromatic rings. The number of nitrogens with two attached hydrogens (primary N) is 1. The first-order chi connectivity index (χ1) is 9.78. The number of likely N-dealkylation sites (N-methyl/N-ethyl adjacent to an activating group) is 1. The zero-order valence-electron chi connectivity index (χ0n) is 12.0. The monoisotopic (exact) mass is 270 g/mol. The Morgan fingerprint density at radius 1 is 1.25 bits per heavy atom. The van der Waals surface area contributed by atoms with Gasteiger partial charge < -0.3 is 10.6 Å². The van der Waals surface area contributed by atoms with E-state index in [1.807, 2.05) is 12.4 Å². The van der Waals surface area contributed by atoms with Crippen LogP contribution in [0.2, 0.25) is 0 Å². The average molecular weight is 270 g/mol. The Kier molecular flexibility index (Phi) is 3.96. The summed E-state index contributed by atoms with van der Waals surface area (Å²) in [6, 6.07) is 8.89. The zero-order valence-corrected chi connectivity index (χ0v) is 12.0. The third-order valence-corrected chi connectivity index (χ3v) is 4.20. The van der Waals surface area contributed by atoms with E-state index in [4.69, 9.17) is 5.73 Å². The van der Waals surface area contributed by atoms with Gasteiger partial charge in [-0.2, -0.15) is 0 Å². The molecule has 1 aromatic carbocycles. The van der Waals surface area contributed by atoms with Gasteiger partial charge in [-0.05, 0) is 18.0 Å². The molecule has 2 N–H and O–H groups in total. The van der Waals surface area contributed by atoms with Crippen LogP contribution in [0.5, 0.6) is 0 Å². The summed E-state index contributed by atoms with van der Waals surface area (Å²) in [6.45, 7) is 4.87. The number of aromatic nitrogens is 1. The first-order valence-corrected chi connectivity index (χ1v) is 7.22. The highest BCUT2D eigenvalue weighted by Gasteiger charge is 2.24. The van der Waals surface area contributed by atoms with E-state index in [-0.39, 0.29) is 0 Å². The van der Waals surface area contributed by atoms with Crippen molar-refractivity contribution >= 4 is 10.8 Å². The van der Waals surface area contributed by atoms with Gasteiger partial charge in [0.2, 0.25) is 0 Å². The molecule has 1 aliphatic heterocycles. The van der Waals surface area contributed by atoms with Crippen LogP contribution in [0.1, 0.15) is 5.56 Å². The predicted octanol–water partition coefficient (Wildman–Crippen LogP) is 1.31. The highest BCUT2D eigenvalue weighted by Crippen LogP contribution is 2.20. The van der Waals surface area contributed by atoms with Crippen molar-refractivity contribution in [2.45, 2.75) is 12.6 Å². The molecule has 106 valence electrons. The molecule has 1 atom stereocenters. The first kappa shape index (κ1) is 13.5. The van der Waals surface area contributed by atoms with Crippen molar-refractivity contribution in [1.29, 1.82) is 0 Å². The lowest BCUT2D eigenvalue weighted by atomic mass is 10.1. The summed E-state index contributed by atoms with van der Waals surface area (Å²) in [4.78, 5) is 9.22. The first-order valence-electron chi connectivity index (χ1n) is 7.22. The van der Waals surface area contributed by atoms with E-state index in [1.165, 1.54) is 16.3 Å². The van der Waals surface area contributed by atoms with Gasteiger partial charge in [-0.15, -0.1) is 0 Å². The fourth-order valence-corrected chi connectivity index (χ4v) is 3.00. The van der Waals surface area contributed by atoms with E-state index in [0.29, 0.717) is 12.6 Å². The van der Waals surface area contributed by atoms with Gasteiger partial charge in [-0.1, -0.05) is 24.3 Å². The molecule has 0 amide bonds. The third kappa shape index (κ3) is 2.68. The van der Waals surface area contributed by atoms with Crippen molar-refractivity contribution in [3.05, 3.63) is 42.2 Å². The molecule has 1 aromatic heterocycles. The third-order valence-electron chi connectivity index (χ3n) is 4.20. The molecule has 0 bridgehead atoms. The number of pyridine rings is 1. The largest absolute Gasteiger partial charge is 0.329 e. The molecule has 0 aliphatic carbocycles. The Bertz CT molecular complexity index is 578. The van der Waals surface area contributed by atoms with Crippen molar-refractivity contribution in [2.24, 2.45) is 5.73 Å². The summed E-state index contributed by atoms with van der Waals surface area (Å²) < 4.78 is 0. The number of nitrogens with zero attached hydrogens (tertiary/aromatic N) is 3. The second-order valence-corrected chi connectivity index (χ2v) is 5.64. The number of hydrogen-bond acceptors (Lipinski definition) is 4. The lowest BCUT2D eigenvalue weighted by Gasteiger charge is -2.39. The van der Waals surface area contributed by atoms with Crippen LogP contribution < -0.4 is 5.73 Å². The van der Waals surface area contributed by atoms with Gasteiger partial charge in [0.05, 0.1) is 0 Å². The standard InChI is InChI=1S/C16H22N4/c1-19-6-7-20(15(8-17)12-19)11-14-10-18-9-13-4-2-3-5-16(13)14/h2-5,9-10,15H,6-8,11-12,17H2,1H3. The van der Waals surface area contributed by atoms with Crippen LogP contribution in [-0.4, -0.2) is 54.1 Å². The second-order valence-electron chi connectivity index (χ2n) is 5.64. The van der Waals surface area contributed by atoms with Gasteiger partial charge in [0.1, 0.15) is 0 Å². The van der Waals surface area contributed by atoms with E-state index in [0.717, 1.165) is 26.2 Å². The number of rotatable bonds is 3. The summed E-state index contributed by atoms with van der Waals surface area (Å²) in [5, 5.41) is 2.51. The van der Waals surface area contributed by atoms with Crippen LogP contribution in [0.25, 0.3) is 10.8 Å². The minimum absolute atomic E-state index is 0.438. The topological polar surface area (TPSA) is 45.4 Å². The van der Waals surface area contributed by atoms with Crippen molar-refractivity contribution in [3.8, 4) is 0 Å². The highest BCUT2D eigenvalue weighted by atomic mass is 15.3. The zero-order chi connectivity index (χ0) is 13.9. The predicted molar refractivity (Wildman–Crippen MR) is 82.5 cm³/mol. The fourth-order valence-electron chi connectivity index (χ4n) is 3.00. The molecule has 3 rings (SSSR count). The van der Waals surface area contributed by atoms with Gasteiger partial charge in [-0.3, -0.25) is 9.88 Å². The van der Waals surface area contributed by atoms with Crippen LogP contribution in [0.4, 0.5) is 0 Å². The molecule has 2 heterocycles. The average Bonchev–Trinajstić information content (AvgIpc) is 2.49. The van der Waals surface area contributed by atoms with E-state index < -0.39 is 0 Å². The summed E-state index contributed by atoms with van der Waals surface area (Å²) in [7, 11) is 2.17. The van der Waals surface area contributed by atoms with E-state index in [2.05, 4.69) is 46.1 Å². The summed E-state index contributed by atoms with van der Waals surface area (Å²) >= 11 is 0. The molecule has 0 saturated carbocycles. The summed E-state index contributed by atoms with van der Waals surface area (Å²) in [5.74, 6) is 0. The molecule has 0 radical (unpaired) electrons. The Balaban J connectivity index is 1.85. The minimum Gasteiger partial charge on any atom is -0.329 e. The number of fused-ring (bicyclic) bond motifs is 1. The molecule has 0 spiro atoms. The number of piperazine rings is 1. The van der Waals surface area contributed by atoms with Crippen LogP contribution in [-0.2, 0) is 6.54 Å². The van der Waals surface area contributed by atoms with Crippen molar-refractivity contribution in [3.63, 3.8) is 0 Å². The van der Waals surface area contributed by atoms with Crippen LogP contribution >= 0.6 is 0 Å². The van der Waals surface area contributed by atoms with Gasteiger partial charge >= 0.3 is 0 Å². The highest BCUT2D eigenvalue weighted by molar-refractivity contribution is 5.84. The van der Waals surface area contributed by atoms with Crippen molar-refractivity contribution in [2.75, 3.05) is 33.2 Å². The SMILES string of the molecule is CN1CCN(Cc2cncc3ccccc23)C(CN)C1. The molecule has 4 nitrogen and oxygen atoms in total. The smallest absolute Gasteiger partial charge is 0.0349 e. The maximum atomic E-state index is 5.94. The Hall–Kier alpha value is -1.49. The summed E-state index contributed by atoms with van der Waals surface area (Å²) in [6.07, 6.45) is 3.93. The van der Waals surface area contributed by atoms with Crippen molar-refractivity contribution in [1.82, 2.24) is 14.8 Å². The Labute approximate surface area is 120 Å². The lowest BCUT2D eigenvalue weighted by Crippen LogP contribution is -2.54. The number of benzene rings is 1. The van der Waals surface area contributed by atoms with E-state index in [1.54, 1.807) is 0 Å². The van der Waals surface area contributed by atoms with Crippen molar-refractivity contribution < 1.29 is 0 Å². The second kappa shape index (κ2) is 5.87. The van der Waals surface area contributed by atoms with Crippen LogP contribution in [0, 0.1) is 0 Å². The molecule has 1 aliphatic rings. The quantitative estimate of drug-likeness (QED) is 0.913. The van der Waals surface area contributed by atoms with Gasteiger partial charge in [0, 0.05) is 56.5 Å².